The minimum atomic E-state index is -0.422. The maximum atomic E-state index is 11.0. The van der Waals surface area contributed by atoms with E-state index in [4.69, 9.17) is 10.5 Å². The molecule has 0 aliphatic heterocycles. The fraction of sp³-hybridized carbons (Fsp3) is 0.529. The van der Waals surface area contributed by atoms with Crippen LogP contribution in [0.4, 0.5) is 0 Å². The molecule has 4 N–H and O–H groups in total. The smallest absolute Gasteiger partial charge is 0.248 e. The summed E-state index contributed by atoms with van der Waals surface area (Å²) < 4.78 is 5.52. The first-order valence-corrected chi connectivity index (χ1v) is 7.64. The summed E-state index contributed by atoms with van der Waals surface area (Å²) in [5, 5.41) is 6.50. The Hall–Kier alpha value is -2.08. The lowest BCUT2D eigenvalue weighted by molar-refractivity contribution is 0.0205. The van der Waals surface area contributed by atoms with Gasteiger partial charge < -0.3 is 21.1 Å². The molecule has 1 rings (SSSR count). The first-order valence-electron chi connectivity index (χ1n) is 7.64. The topological polar surface area (TPSA) is 88.7 Å². The molecule has 0 saturated carbocycles. The van der Waals surface area contributed by atoms with Gasteiger partial charge in [-0.3, -0.25) is 9.79 Å². The molecule has 0 fully saturated rings. The maximum absolute atomic E-state index is 11.0. The van der Waals surface area contributed by atoms with Gasteiger partial charge in [0, 0.05) is 32.8 Å². The number of hydrogen-bond acceptors (Lipinski definition) is 3. The van der Waals surface area contributed by atoms with Crippen molar-refractivity contribution in [1.82, 2.24) is 10.6 Å². The molecular formula is C17H28N4O2. The quantitative estimate of drug-likeness (QED) is 0.547. The molecule has 23 heavy (non-hydrogen) atoms. The molecule has 6 nitrogen and oxygen atoms in total. The minimum Gasteiger partial charge on any atom is -0.379 e. The number of benzene rings is 1. The number of ether oxygens (including phenoxy) is 1. The zero-order valence-electron chi connectivity index (χ0n) is 14.6. The third kappa shape index (κ3) is 6.28. The number of aliphatic imine (C=N–C) groups is 1. The van der Waals surface area contributed by atoms with Crippen LogP contribution in [0.25, 0.3) is 0 Å². The third-order valence-electron chi connectivity index (χ3n) is 3.63. The number of carbonyl (C=O) groups is 1. The molecule has 0 heterocycles. The molecule has 0 aliphatic carbocycles. The van der Waals surface area contributed by atoms with Gasteiger partial charge in [-0.05, 0) is 23.1 Å². The van der Waals surface area contributed by atoms with Crippen molar-refractivity contribution in [3.63, 3.8) is 0 Å². The Morgan fingerprint density at radius 3 is 2.30 bits per heavy atom. The Bertz CT molecular complexity index is 533. The average molecular weight is 320 g/mol. The van der Waals surface area contributed by atoms with E-state index in [1.54, 1.807) is 26.3 Å². The standard InChI is InChI=1S/C17H28N4O2/c1-17(2,3)14(23-5)11-21-16(19-4)20-10-12-6-8-13(9-7-12)15(18)22/h6-9,14H,10-11H2,1-5H3,(H2,18,22)(H2,19,20,21). The molecule has 1 aromatic rings. The summed E-state index contributed by atoms with van der Waals surface area (Å²) in [4.78, 5) is 15.3. The number of carbonyl (C=O) groups excluding carboxylic acids is 1. The van der Waals surface area contributed by atoms with E-state index in [-0.39, 0.29) is 11.5 Å². The summed E-state index contributed by atoms with van der Waals surface area (Å²) in [7, 11) is 3.44. The second kappa shape index (κ2) is 8.53. The fourth-order valence-corrected chi connectivity index (χ4v) is 2.13. The monoisotopic (exact) mass is 320 g/mol. The molecule has 0 bridgehead atoms. The molecule has 1 aromatic carbocycles. The highest BCUT2D eigenvalue weighted by Gasteiger charge is 2.24. The van der Waals surface area contributed by atoms with Crippen molar-refractivity contribution >= 4 is 11.9 Å². The Kier molecular flexibility index (Phi) is 7.03. The molecule has 1 atom stereocenters. The Morgan fingerprint density at radius 1 is 1.26 bits per heavy atom. The van der Waals surface area contributed by atoms with Gasteiger partial charge in [0.2, 0.25) is 5.91 Å². The van der Waals surface area contributed by atoms with Gasteiger partial charge in [0.05, 0.1) is 6.10 Å². The second-order valence-corrected chi connectivity index (χ2v) is 6.46. The van der Waals surface area contributed by atoms with E-state index < -0.39 is 5.91 Å². The lowest BCUT2D eigenvalue weighted by Crippen LogP contribution is -2.45. The summed E-state index contributed by atoms with van der Waals surface area (Å²) in [6.45, 7) is 7.68. The molecule has 6 heteroatoms. The van der Waals surface area contributed by atoms with E-state index in [1.165, 1.54) is 0 Å². The molecule has 1 amide bonds. The molecule has 0 saturated heterocycles. The van der Waals surface area contributed by atoms with Gasteiger partial charge in [-0.25, -0.2) is 0 Å². The Balaban J connectivity index is 2.52. The minimum absolute atomic E-state index is 0.0468. The zero-order valence-corrected chi connectivity index (χ0v) is 14.6. The number of rotatable bonds is 6. The molecule has 0 aromatic heterocycles. The SMILES string of the molecule is CN=C(NCc1ccc(C(N)=O)cc1)NCC(OC)C(C)(C)C. The van der Waals surface area contributed by atoms with Crippen molar-refractivity contribution in [1.29, 1.82) is 0 Å². The van der Waals surface area contributed by atoms with E-state index in [2.05, 4.69) is 36.4 Å². The largest absolute Gasteiger partial charge is 0.379 e. The number of nitrogens with two attached hydrogens (primary N) is 1. The van der Waals surface area contributed by atoms with Crippen molar-refractivity contribution in [3.05, 3.63) is 35.4 Å². The molecule has 1 unspecified atom stereocenters. The van der Waals surface area contributed by atoms with Gasteiger partial charge in [0.25, 0.3) is 0 Å². The lowest BCUT2D eigenvalue weighted by Gasteiger charge is -2.30. The van der Waals surface area contributed by atoms with Crippen LogP contribution in [0.1, 0.15) is 36.7 Å². The highest BCUT2D eigenvalue weighted by atomic mass is 16.5. The van der Waals surface area contributed by atoms with Crippen LogP contribution >= 0.6 is 0 Å². The molecule has 128 valence electrons. The first kappa shape index (κ1) is 19.0. The van der Waals surface area contributed by atoms with Crippen molar-refractivity contribution in [2.45, 2.75) is 33.4 Å². The van der Waals surface area contributed by atoms with Gasteiger partial charge in [-0.1, -0.05) is 32.9 Å². The summed E-state index contributed by atoms with van der Waals surface area (Å²) in [5.74, 6) is 0.282. The number of methoxy groups -OCH3 is 1. The number of guanidine groups is 1. The highest BCUT2D eigenvalue weighted by Crippen LogP contribution is 2.20. The van der Waals surface area contributed by atoms with Crippen LogP contribution in [0.15, 0.2) is 29.3 Å². The number of hydrogen-bond donors (Lipinski definition) is 3. The van der Waals surface area contributed by atoms with Crippen molar-refractivity contribution in [2.24, 2.45) is 16.1 Å². The molecular weight excluding hydrogens is 292 g/mol. The predicted molar refractivity (Wildman–Crippen MR) is 93.4 cm³/mol. The van der Waals surface area contributed by atoms with E-state index in [0.29, 0.717) is 24.6 Å². The van der Waals surface area contributed by atoms with Gasteiger partial charge in [-0.2, -0.15) is 0 Å². The van der Waals surface area contributed by atoms with Crippen LogP contribution < -0.4 is 16.4 Å². The van der Waals surface area contributed by atoms with Crippen LogP contribution in [0.5, 0.6) is 0 Å². The van der Waals surface area contributed by atoms with Crippen LogP contribution in [-0.4, -0.2) is 38.7 Å². The van der Waals surface area contributed by atoms with Crippen molar-refractivity contribution < 1.29 is 9.53 Å². The summed E-state index contributed by atoms with van der Waals surface area (Å²) in [6.07, 6.45) is 0.0795. The van der Waals surface area contributed by atoms with E-state index >= 15 is 0 Å². The van der Waals surface area contributed by atoms with Gasteiger partial charge in [0.15, 0.2) is 5.96 Å². The zero-order chi connectivity index (χ0) is 17.5. The predicted octanol–water partition coefficient (Wildman–Crippen LogP) is 1.51. The normalized spacial score (nSPS) is 13.5. The number of primary amides is 1. The number of nitrogens with one attached hydrogen (secondary N) is 2. The lowest BCUT2D eigenvalue weighted by atomic mass is 9.89. The molecule has 0 radical (unpaired) electrons. The Labute approximate surface area is 138 Å². The van der Waals surface area contributed by atoms with E-state index in [0.717, 1.165) is 5.56 Å². The summed E-state index contributed by atoms with van der Waals surface area (Å²) in [5.41, 5.74) is 6.82. The van der Waals surface area contributed by atoms with Crippen LogP contribution in [-0.2, 0) is 11.3 Å². The van der Waals surface area contributed by atoms with Gasteiger partial charge in [0.1, 0.15) is 0 Å². The van der Waals surface area contributed by atoms with E-state index in [1.807, 2.05) is 12.1 Å². The van der Waals surface area contributed by atoms with Gasteiger partial charge >= 0.3 is 0 Å². The van der Waals surface area contributed by atoms with Crippen molar-refractivity contribution in [3.8, 4) is 0 Å². The highest BCUT2D eigenvalue weighted by molar-refractivity contribution is 5.92. The molecule has 0 aliphatic rings. The number of nitrogens with zero attached hydrogens (tertiary/aromatic N) is 1. The average Bonchev–Trinajstić information content (AvgIpc) is 2.50. The van der Waals surface area contributed by atoms with Crippen LogP contribution in [0.2, 0.25) is 0 Å². The number of amides is 1. The van der Waals surface area contributed by atoms with Crippen LogP contribution in [0.3, 0.4) is 0 Å². The van der Waals surface area contributed by atoms with Gasteiger partial charge in [-0.15, -0.1) is 0 Å². The van der Waals surface area contributed by atoms with Crippen molar-refractivity contribution in [2.75, 3.05) is 20.7 Å². The summed E-state index contributed by atoms with van der Waals surface area (Å²) in [6, 6.07) is 7.17. The van der Waals surface area contributed by atoms with E-state index in [9.17, 15) is 4.79 Å². The Morgan fingerprint density at radius 2 is 1.87 bits per heavy atom. The first-order chi connectivity index (χ1) is 10.8. The van der Waals surface area contributed by atoms with Crippen LogP contribution in [0, 0.1) is 5.41 Å². The molecule has 0 spiro atoms. The maximum Gasteiger partial charge on any atom is 0.248 e. The fourth-order valence-electron chi connectivity index (χ4n) is 2.13. The second-order valence-electron chi connectivity index (χ2n) is 6.46. The summed E-state index contributed by atoms with van der Waals surface area (Å²) >= 11 is 0. The third-order valence-corrected chi connectivity index (χ3v) is 3.63.